The Morgan fingerprint density at radius 2 is 1.65 bits per heavy atom. The third-order valence-corrected chi connectivity index (χ3v) is 5.84. The number of hydrogen-bond acceptors (Lipinski definition) is 6. The number of sulfone groups is 1. The summed E-state index contributed by atoms with van der Waals surface area (Å²) in [4.78, 5) is 27.5. The average Bonchev–Trinajstić information content (AvgIpc) is 2.77. The number of benzene rings is 2. The van der Waals surface area contributed by atoms with Gasteiger partial charge in [0.05, 0.1) is 5.52 Å². The normalized spacial score (nSPS) is 11.4. The van der Waals surface area contributed by atoms with Crippen molar-refractivity contribution in [1.29, 1.82) is 0 Å². The van der Waals surface area contributed by atoms with Gasteiger partial charge in [-0.2, -0.15) is 0 Å². The highest BCUT2D eigenvalue weighted by Gasteiger charge is 2.21. The van der Waals surface area contributed by atoms with E-state index < -0.39 is 15.4 Å². The zero-order valence-corrected chi connectivity index (χ0v) is 17.5. The molecule has 0 atom stereocenters. The molecule has 4 aromatic rings. The van der Waals surface area contributed by atoms with Crippen molar-refractivity contribution in [3.63, 3.8) is 0 Å². The molecule has 0 spiro atoms. The van der Waals surface area contributed by atoms with Crippen LogP contribution < -0.4 is 10.9 Å². The molecule has 0 saturated carbocycles. The first-order valence-corrected chi connectivity index (χ1v) is 11.2. The summed E-state index contributed by atoms with van der Waals surface area (Å²) in [5.41, 5.74) is 2.18. The molecule has 8 nitrogen and oxygen atoms in total. The molecule has 31 heavy (non-hydrogen) atoms. The Morgan fingerprint density at radius 1 is 0.968 bits per heavy atom. The summed E-state index contributed by atoms with van der Waals surface area (Å²) in [5.74, 6) is -0.249. The van der Waals surface area contributed by atoms with E-state index in [1.54, 1.807) is 36.4 Å². The molecule has 0 saturated heterocycles. The predicted molar refractivity (Wildman–Crippen MR) is 118 cm³/mol. The summed E-state index contributed by atoms with van der Waals surface area (Å²) >= 11 is 0. The number of carbonyl (C=O) groups excluding carboxylic acids is 1. The van der Waals surface area contributed by atoms with Crippen LogP contribution in [-0.4, -0.2) is 42.8 Å². The Labute approximate surface area is 177 Å². The molecule has 2 heterocycles. The second-order valence-corrected chi connectivity index (χ2v) is 8.88. The van der Waals surface area contributed by atoms with E-state index in [0.717, 1.165) is 6.26 Å². The van der Waals surface area contributed by atoms with Crippen LogP contribution in [0.3, 0.4) is 0 Å². The maximum atomic E-state index is 12.9. The molecular formula is C22H18N4O4S. The van der Waals surface area contributed by atoms with Gasteiger partial charge in [-0.05, 0) is 23.8 Å². The van der Waals surface area contributed by atoms with Crippen LogP contribution in [0.2, 0.25) is 0 Å². The molecule has 4 rings (SSSR count). The van der Waals surface area contributed by atoms with Gasteiger partial charge >= 0.3 is 0 Å². The van der Waals surface area contributed by atoms with Crippen LogP contribution in [0.5, 0.6) is 0 Å². The van der Waals surface area contributed by atoms with E-state index in [1.165, 1.54) is 13.1 Å². The van der Waals surface area contributed by atoms with Crippen molar-refractivity contribution in [3.05, 3.63) is 76.6 Å². The van der Waals surface area contributed by atoms with Gasteiger partial charge in [0.15, 0.2) is 14.9 Å². The van der Waals surface area contributed by atoms with Crippen molar-refractivity contribution < 1.29 is 13.2 Å². The number of rotatable bonds is 4. The fourth-order valence-electron chi connectivity index (χ4n) is 3.32. The second kappa shape index (κ2) is 7.77. The lowest BCUT2D eigenvalue weighted by molar-refractivity contribution is 0.0963. The van der Waals surface area contributed by atoms with Crippen LogP contribution in [0.1, 0.15) is 10.4 Å². The predicted octanol–water partition coefficient (Wildman–Crippen LogP) is 2.42. The van der Waals surface area contributed by atoms with Gasteiger partial charge < -0.3 is 10.3 Å². The molecular weight excluding hydrogens is 416 g/mol. The van der Waals surface area contributed by atoms with E-state index in [1.807, 2.05) is 18.2 Å². The molecule has 2 aromatic heterocycles. The zero-order valence-electron chi connectivity index (χ0n) is 16.7. The number of aromatic amines is 1. The van der Waals surface area contributed by atoms with Crippen molar-refractivity contribution in [2.75, 3.05) is 13.3 Å². The van der Waals surface area contributed by atoms with Crippen LogP contribution in [0.4, 0.5) is 0 Å². The van der Waals surface area contributed by atoms with Crippen molar-refractivity contribution in [3.8, 4) is 22.4 Å². The summed E-state index contributed by atoms with van der Waals surface area (Å²) in [5, 5.41) is 10.6. The van der Waals surface area contributed by atoms with E-state index in [4.69, 9.17) is 0 Å². The Bertz CT molecular complexity index is 1460. The highest BCUT2D eigenvalue weighted by Crippen LogP contribution is 2.29. The first-order valence-electron chi connectivity index (χ1n) is 9.31. The summed E-state index contributed by atoms with van der Waals surface area (Å²) in [6.45, 7) is 0. The number of nitrogens with one attached hydrogen (secondary N) is 2. The van der Waals surface area contributed by atoms with Gasteiger partial charge in [-0.3, -0.25) is 9.59 Å². The minimum absolute atomic E-state index is 0.221. The van der Waals surface area contributed by atoms with Gasteiger partial charge in [0, 0.05) is 35.4 Å². The molecule has 0 radical (unpaired) electrons. The average molecular weight is 434 g/mol. The molecule has 0 aliphatic carbocycles. The van der Waals surface area contributed by atoms with E-state index in [9.17, 15) is 18.0 Å². The van der Waals surface area contributed by atoms with Crippen molar-refractivity contribution >= 4 is 26.6 Å². The van der Waals surface area contributed by atoms with Gasteiger partial charge in [0.25, 0.3) is 11.5 Å². The summed E-state index contributed by atoms with van der Waals surface area (Å²) in [6, 6.07) is 17.0. The molecule has 2 N–H and O–H groups in total. The lowest BCUT2D eigenvalue weighted by Crippen LogP contribution is -2.17. The van der Waals surface area contributed by atoms with Gasteiger partial charge in [0.2, 0.25) is 0 Å². The van der Waals surface area contributed by atoms with Crippen LogP contribution in [0.25, 0.3) is 33.3 Å². The van der Waals surface area contributed by atoms with Crippen LogP contribution >= 0.6 is 0 Å². The number of pyridine rings is 1. The second-order valence-electron chi connectivity index (χ2n) is 6.95. The maximum absolute atomic E-state index is 12.9. The third-order valence-electron chi connectivity index (χ3n) is 4.83. The first kappa shape index (κ1) is 20.4. The fourth-order valence-corrected chi connectivity index (χ4v) is 4.07. The quantitative estimate of drug-likeness (QED) is 0.509. The molecule has 0 aliphatic heterocycles. The lowest BCUT2D eigenvalue weighted by atomic mass is 10.0. The highest BCUT2D eigenvalue weighted by atomic mass is 32.2. The van der Waals surface area contributed by atoms with Gasteiger partial charge in [-0.15, -0.1) is 10.2 Å². The van der Waals surface area contributed by atoms with Gasteiger partial charge in [-0.1, -0.05) is 42.5 Å². The minimum Gasteiger partial charge on any atom is -0.355 e. The number of fused-ring (bicyclic) bond motifs is 1. The largest absolute Gasteiger partial charge is 0.355 e. The zero-order chi connectivity index (χ0) is 22.2. The van der Waals surface area contributed by atoms with Gasteiger partial charge in [0.1, 0.15) is 5.69 Å². The highest BCUT2D eigenvalue weighted by molar-refractivity contribution is 7.90. The fraction of sp³-hybridized carbons (Fsp3) is 0.0909. The number of nitrogens with zero attached hydrogens (tertiary/aromatic N) is 2. The molecule has 0 fully saturated rings. The number of carbonyl (C=O) groups is 1. The molecule has 2 aromatic carbocycles. The summed E-state index contributed by atoms with van der Waals surface area (Å²) in [6.07, 6.45) is 1.04. The van der Waals surface area contributed by atoms with E-state index in [-0.39, 0.29) is 27.4 Å². The van der Waals surface area contributed by atoms with E-state index >= 15 is 0 Å². The molecule has 1 amide bonds. The van der Waals surface area contributed by atoms with Gasteiger partial charge in [-0.25, -0.2) is 8.42 Å². The van der Waals surface area contributed by atoms with Crippen molar-refractivity contribution in [1.82, 2.24) is 20.5 Å². The standard InChI is InChI=1S/C22H18N4O4S/c1-23-20(27)15-10-8-13(9-11-15)16-12-17-19(24-21(16)28)18(14-6-4-3-5-7-14)25-26-22(17)31(2,29)30/h3-12H,1-2H3,(H,23,27)(H,24,28). The first-order chi connectivity index (χ1) is 14.8. The number of H-pyrrole nitrogens is 1. The summed E-state index contributed by atoms with van der Waals surface area (Å²) in [7, 11) is -2.18. The third kappa shape index (κ3) is 3.82. The van der Waals surface area contributed by atoms with Crippen LogP contribution in [0.15, 0.2) is 70.5 Å². The number of hydrogen-bond donors (Lipinski definition) is 2. The Morgan fingerprint density at radius 3 is 2.26 bits per heavy atom. The Hall–Kier alpha value is -3.85. The van der Waals surface area contributed by atoms with E-state index in [0.29, 0.717) is 22.4 Å². The molecule has 0 unspecified atom stereocenters. The van der Waals surface area contributed by atoms with E-state index in [2.05, 4.69) is 20.5 Å². The number of amides is 1. The van der Waals surface area contributed by atoms with Crippen molar-refractivity contribution in [2.24, 2.45) is 0 Å². The molecule has 156 valence electrons. The topological polar surface area (TPSA) is 122 Å². The van der Waals surface area contributed by atoms with Crippen molar-refractivity contribution in [2.45, 2.75) is 5.03 Å². The lowest BCUT2D eigenvalue weighted by Gasteiger charge is -2.10. The van der Waals surface area contributed by atoms with Crippen LogP contribution in [-0.2, 0) is 9.84 Å². The molecule has 9 heteroatoms. The Kier molecular flexibility index (Phi) is 5.12. The maximum Gasteiger partial charge on any atom is 0.256 e. The monoisotopic (exact) mass is 434 g/mol. The molecule has 0 aliphatic rings. The summed E-state index contributed by atoms with van der Waals surface area (Å²) < 4.78 is 24.7. The molecule has 0 bridgehead atoms. The SMILES string of the molecule is CNC(=O)c1ccc(-c2cc3c(S(C)(=O)=O)nnc(-c4ccccc4)c3[nH]c2=O)cc1. The Balaban J connectivity index is 1.99. The smallest absolute Gasteiger partial charge is 0.256 e. The van der Waals surface area contributed by atoms with Crippen LogP contribution in [0, 0.1) is 0 Å². The minimum atomic E-state index is -3.71. The number of aromatic nitrogens is 3.